The van der Waals surface area contributed by atoms with Gasteiger partial charge in [-0.25, -0.2) is 4.79 Å². The van der Waals surface area contributed by atoms with E-state index in [0.717, 1.165) is 36.7 Å². The Kier molecular flexibility index (Phi) is 5.52. The molecule has 0 radical (unpaired) electrons. The Hall–Kier alpha value is -3.79. The number of rotatable bonds is 6. The first-order valence-electron chi connectivity index (χ1n) is 13.4. The van der Waals surface area contributed by atoms with Crippen molar-refractivity contribution in [2.24, 2.45) is 0 Å². The van der Waals surface area contributed by atoms with Gasteiger partial charge in [-0.15, -0.1) is 0 Å². The van der Waals surface area contributed by atoms with Crippen LogP contribution in [0.15, 0.2) is 94.4 Å². The molecule has 0 N–H and O–H groups in total. The molecule has 1 aliphatic heterocycles. The van der Waals surface area contributed by atoms with E-state index in [-0.39, 0.29) is 16.6 Å². The van der Waals surface area contributed by atoms with Crippen molar-refractivity contribution < 1.29 is 13.6 Å². The first kappa shape index (κ1) is 23.6. The molecule has 4 nitrogen and oxygen atoms in total. The van der Waals surface area contributed by atoms with Crippen LogP contribution in [0, 0.1) is 6.92 Å². The Balaban J connectivity index is 1.58. The maximum atomic E-state index is 13.0. The molecule has 6 rings (SSSR count). The minimum atomic E-state index is -0.265. The van der Waals surface area contributed by atoms with Crippen molar-refractivity contribution in [2.45, 2.75) is 64.5 Å². The Morgan fingerprint density at radius 2 is 1.68 bits per heavy atom. The van der Waals surface area contributed by atoms with Crippen molar-refractivity contribution in [3.63, 3.8) is 0 Å². The van der Waals surface area contributed by atoms with E-state index in [1.165, 1.54) is 22.4 Å². The highest BCUT2D eigenvalue weighted by molar-refractivity contribution is 6.02. The van der Waals surface area contributed by atoms with Gasteiger partial charge in [-0.3, -0.25) is 0 Å². The number of nitrogens with zero attached hydrogens (tertiary/aromatic N) is 2. The Labute approximate surface area is 217 Å². The minimum absolute atomic E-state index is 0.148. The highest BCUT2D eigenvalue weighted by Gasteiger charge is 2.59. The van der Waals surface area contributed by atoms with E-state index in [0.29, 0.717) is 11.0 Å². The average molecular weight is 491 g/mol. The Bertz CT molecular complexity index is 1720. The maximum Gasteiger partial charge on any atom is 0.350 e. The summed E-state index contributed by atoms with van der Waals surface area (Å²) in [6, 6.07) is 25.2. The highest BCUT2D eigenvalue weighted by Crippen LogP contribution is 2.50. The Morgan fingerprint density at radius 1 is 0.865 bits per heavy atom. The lowest BCUT2D eigenvalue weighted by Gasteiger charge is -2.46. The molecule has 0 fully saturated rings. The van der Waals surface area contributed by atoms with Gasteiger partial charge in [-0.2, -0.15) is 9.13 Å². The van der Waals surface area contributed by atoms with Crippen LogP contribution in [-0.4, -0.2) is 0 Å². The number of hydrogen-bond donors (Lipinski definition) is 0. The average Bonchev–Trinajstić information content (AvgIpc) is 2.93. The largest absolute Gasteiger partial charge is 0.422 e. The fourth-order valence-corrected chi connectivity index (χ4v) is 7.01. The second kappa shape index (κ2) is 8.65. The SMILES string of the molecule is CCC1(C)c2cccc3oc(=O)c4ccc[n+](c4c23)C1(CC)CC[n+]1ccccc1-c1ccccc1C. The summed E-state index contributed by atoms with van der Waals surface area (Å²) < 4.78 is 10.6. The summed E-state index contributed by atoms with van der Waals surface area (Å²) >= 11 is 0. The van der Waals surface area contributed by atoms with Gasteiger partial charge in [0.05, 0.1) is 17.2 Å². The van der Waals surface area contributed by atoms with Crippen LogP contribution < -0.4 is 14.8 Å². The number of hydrogen-bond acceptors (Lipinski definition) is 2. The number of pyridine rings is 2. The lowest BCUT2D eigenvalue weighted by molar-refractivity contribution is -0.770. The first-order chi connectivity index (χ1) is 17.9. The van der Waals surface area contributed by atoms with E-state index in [1.54, 1.807) is 0 Å². The van der Waals surface area contributed by atoms with Crippen LogP contribution in [0.3, 0.4) is 0 Å². The standard InChI is InChI=1S/C33H34N2O2/c1-5-32(4)26-16-11-18-28-29(26)30-25(31(36)37-28)15-12-21-35(30)33(32,6-2)19-22-34-20-10-9-17-27(34)24-14-8-7-13-23(24)3/h7-18,20-21H,5-6,19,22H2,1-4H3/q+2. The van der Waals surface area contributed by atoms with Crippen LogP contribution in [0.1, 0.15) is 51.2 Å². The van der Waals surface area contributed by atoms with Gasteiger partial charge >= 0.3 is 5.63 Å². The van der Waals surface area contributed by atoms with E-state index >= 15 is 0 Å². The maximum absolute atomic E-state index is 13.0. The fraction of sp³-hybridized carbons (Fsp3) is 0.303. The first-order valence-corrected chi connectivity index (χ1v) is 13.4. The summed E-state index contributed by atoms with van der Waals surface area (Å²) in [5.41, 5.74) is 6.10. The predicted octanol–water partition coefficient (Wildman–Crippen LogP) is 6.37. The minimum Gasteiger partial charge on any atom is -0.422 e. The smallest absolute Gasteiger partial charge is 0.350 e. The molecule has 186 valence electrons. The van der Waals surface area contributed by atoms with Gasteiger partial charge in [0.25, 0.3) is 0 Å². The molecule has 2 aromatic carbocycles. The molecule has 5 aromatic rings. The molecule has 2 unspecified atom stereocenters. The zero-order chi connectivity index (χ0) is 25.8. The summed E-state index contributed by atoms with van der Waals surface area (Å²) in [6.45, 7) is 10.0. The van der Waals surface area contributed by atoms with E-state index in [1.807, 2.05) is 24.3 Å². The van der Waals surface area contributed by atoms with E-state index < -0.39 is 0 Å². The Morgan fingerprint density at radius 3 is 2.46 bits per heavy atom. The summed E-state index contributed by atoms with van der Waals surface area (Å²) in [6.07, 6.45) is 7.25. The molecule has 1 aliphatic rings. The van der Waals surface area contributed by atoms with Gasteiger partial charge in [0.2, 0.25) is 11.2 Å². The zero-order valence-corrected chi connectivity index (χ0v) is 22.1. The van der Waals surface area contributed by atoms with Gasteiger partial charge in [-0.1, -0.05) is 44.2 Å². The van der Waals surface area contributed by atoms with Gasteiger partial charge in [0.1, 0.15) is 11.0 Å². The van der Waals surface area contributed by atoms with E-state index in [9.17, 15) is 4.79 Å². The molecule has 0 spiro atoms. The molecule has 37 heavy (non-hydrogen) atoms. The quantitative estimate of drug-likeness (QED) is 0.157. The van der Waals surface area contributed by atoms with Crippen molar-refractivity contribution in [1.82, 2.24) is 0 Å². The molecule has 0 saturated carbocycles. The molecule has 0 saturated heterocycles. The molecule has 4 heteroatoms. The van der Waals surface area contributed by atoms with E-state index in [2.05, 4.69) is 97.8 Å². The van der Waals surface area contributed by atoms with Crippen molar-refractivity contribution >= 4 is 21.9 Å². The molecule has 0 bridgehead atoms. The monoisotopic (exact) mass is 490 g/mol. The molecule has 0 amide bonds. The third-order valence-electron chi connectivity index (χ3n) is 9.18. The molecular weight excluding hydrogens is 456 g/mol. The van der Waals surface area contributed by atoms with Crippen LogP contribution in [0.2, 0.25) is 0 Å². The molecule has 2 atom stereocenters. The van der Waals surface area contributed by atoms with Crippen molar-refractivity contribution in [2.75, 3.05) is 0 Å². The fourth-order valence-electron chi connectivity index (χ4n) is 7.01. The summed E-state index contributed by atoms with van der Waals surface area (Å²) in [4.78, 5) is 13.0. The van der Waals surface area contributed by atoms with Crippen LogP contribution in [-0.2, 0) is 17.5 Å². The molecular formula is C33H34N2O2+2. The van der Waals surface area contributed by atoms with Crippen molar-refractivity contribution in [3.8, 4) is 11.3 Å². The second-order valence-corrected chi connectivity index (χ2v) is 10.6. The topological polar surface area (TPSA) is 38.0 Å². The van der Waals surface area contributed by atoms with Crippen LogP contribution in [0.25, 0.3) is 33.1 Å². The van der Waals surface area contributed by atoms with Crippen LogP contribution in [0.4, 0.5) is 0 Å². The van der Waals surface area contributed by atoms with Crippen molar-refractivity contribution in [3.05, 3.63) is 107 Å². The summed E-state index contributed by atoms with van der Waals surface area (Å²) in [5.74, 6) is 0. The zero-order valence-electron chi connectivity index (χ0n) is 22.1. The molecule has 3 aromatic heterocycles. The lowest BCUT2D eigenvalue weighted by Crippen LogP contribution is -2.69. The lowest BCUT2D eigenvalue weighted by atomic mass is 9.59. The third kappa shape index (κ3) is 3.24. The summed E-state index contributed by atoms with van der Waals surface area (Å²) in [5, 5.41) is 1.74. The van der Waals surface area contributed by atoms with Crippen LogP contribution >= 0.6 is 0 Å². The van der Waals surface area contributed by atoms with E-state index in [4.69, 9.17) is 4.42 Å². The number of aryl methyl sites for hydroxylation is 2. The number of aromatic nitrogens is 2. The van der Waals surface area contributed by atoms with Gasteiger partial charge in [0.15, 0.2) is 24.5 Å². The van der Waals surface area contributed by atoms with Gasteiger partial charge in [0, 0.05) is 30.2 Å². The van der Waals surface area contributed by atoms with Gasteiger partial charge < -0.3 is 4.42 Å². The second-order valence-electron chi connectivity index (χ2n) is 10.6. The highest BCUT2D eigenvalue weighted by atomic mass is 16.4. The van der Waals surface area contributed by atoms with Crippen LogP contribution in [0.5, 0.6) is 0 Å². The predicted molar refractivity (Wildman–Crippen MR) is 148 cm³/mol. The molecule has 0 aliphatic carbocycles. The number of benzene rings is 2. The summed E-state index contributed by atoms with van der Waals surface area (Å²) in [7, 11) is 0. The molecule has 4 heterocycles. The normalized spacial score (nSPS) is 20.6. The van der Waals surface area contributed by atoms with Gasteiger partial charge in [-0.05, 0) is 55.7 Å². The third-order valence-corrected chi connectivity index (χ3v) is 9.18. The van der Waals surface area contributed by atoms with Crippen molar-refractivity contribution in [1.29, 1.82) is 0 Å².